The molecule has 3 aromatic carbocycles. The Bertz CT molecular complexity index is 1170. The van der Waals surface area contributed by atoms with E-state index in [1.807, 2.05) is 48.5 Å². The first-order valence-electron chi connectivity index (χ1n) is 9.66. The molecule has 0 radical (unpaired) electrons. The van der Waals surface area contributed by atoms with Gasteiger partial charge in [0.25, 0.3) is 11.8 Å². The molecule has 0 bridgehead atoms. The molecule has 0 unspecified atom stereocenters. The molecule has 0 saturated carbocycles. The smallest absolute Gasteiger partial charge is 0.258 e. The molecule has 31 heavy (non-hydrogen) atoms. The minimum Gasteiger partial charge on any atom is -0.497 e. The zero-order valence-corrected chi connectivity index (χ0v) is 17.2. The van der Waals surface area contributed by atoms with Gasteiger partial charge in [0, 0.05) is 28.8 Å². The molecule has 1 aromatic heterocycles. The van der Waals surface area contributed by atoms with E-state index in [1.165, 1.54) is 0 Å². The van der Waals surface area contributed by atoms with Crippen molar-refractivity contribution in [2.75, 3.05) is 14.2 Å². The van der Waals surface area contributed by atoms with E-state index < -0.39 is 0 Å². The summed E-state index contributed by atoms with van der Waals surface area (Å²) in [6.07, 6.45) is 0. The molecule has 0 aliphatic heterocycles. The molecule has 0 aliphatic rings. The number of nitrogens with zero attached hydrogens (tertiary/aromatic N) is 2. The monoisotopic (exact) mass is 415 g/mol. The number of hydrogen-bond acceptors (Lipinski definition) is 6. The van der Waals surface area contributed by atoms with Crippen LogP contribution in [0.25, 0.3) is 22.8 Å². The summed E-state index contributed by atoms with van der Waals surface area (Å²) >= 11 is 0. The predicted molar refractivity (Wildman–Crippen MR) is 116 cm³/mol. The Morgan fingerprint density at radius 2 is 1.71 bits per heavy atom. The fourth-order valence-corrected chi connectivity index (χ4v) is 3.11. The maximum Gasteiger partial charge on any atom is 0.258 e. The normalized spacial score (nSPS) is 10.5. The van der Waals surface area contributed by atoms with E-state index in [-0.39, 0.29) is 5.91 Å². The van der Waals surface area contributed by atoms with E-state index in [9.17, 15) is 4.79 Å². The van der Waals surface area contributed by atoms with Crippen molar-refractivity contribution in [1.82, 2.24) is 15.5 Å². The number of aromatic nitrogens is 2. The Balaban J connectivity index is 1.44. The second-order valence-electron chi connectivity index (χ2n) is 6.73. The highest BCUT2D eigenvalue weighted by atomic mass is 16.5. The van der Waals surface area contributed by atoms with Gasteiger partial charge in [-0.1, -0.05) is 35.5 Å². The minimum atomic E-state index is -0.202. The van der Waals surface area contributed by atoms with Crippen LogP contribution in [0.5, 0.6) is 11.5 Å². The van der Waals surface area contributed by atoms with Crippen LogP contribution in [-0.2, 0) is 6.54 Å². The Kier molecular flexibility index (Phi) is 5.93. The number of methoxy groups -OCH3 is 2. The average molecular weight is 415 g/mol. The van der Waals surface area contributed by atoms with Gasteiger partial charge in [-0.15, -0.1) is 0 Å². The van der Waals surface area contributed by atoms with E-state index in [1.54, 1.807) is 38.5 Å². The Labute approximate surface area is 179 Å². The van der Waals surface area contributed by atoms with Gasteiger partial charge in [0.15, 0.2) is 0 Å². The standard InChI is InChI=1S/C24H21N3O4/c1-29-20-12-13-21(30-2)19(14-20)15-25-23(28)17-8-10-18(11-9-17)24-26-22(27-31-24)16-6-4-3-5-7-16/h3-14H,15H2,1-2H3,(H,25,28). The van der Waals surface area contributed by atoms with Gasteiger partial charge in [0.1, 0.15) is 11.5 Å². The van der Waals surface area contributed by atoms with Crippen molar-refractivity contribution in [2.45, 2.75) is 6.54 Å². The SMILES string of the molecule is COc1ccc(OC)c(CNC(=O)c2ccc(-c3nc(-c4ccccc4)no3)cc2)c1. The lowest BCUT2D eigenvalue weighted by Gasteiger charge is -2.11. The molecule has 1 amide bonds. The van der Waals surface area contributed by atoms with Crippen molar-refractivity contribution in [2.24, 2.45) is 0 Å². The third-order valence-corrected chi connectivity index (χ3v) is 4.78. The molecule has 7 nitrogen and oxygen atoms in total. The lowest BCUT2D eigenvalue weighted by atomic mass is 10.1. The van der Waals surface area contributed by atoms with Crippen LogP contribution >= 0.6 is 0 Å². The highest BCUT2D eigenvalue weighted by Gasteiger charge is 2.13. The van der Waals surface area contributed by atoms with Gasteiger partial charge in [-0.3, -0.25) is 4.79 Å². The summed E-state index contributed by atoms with van der Waals surface area (Å²) in [5.74, 6) is 2.09. The summed E-state index contributed by atoms with van der Waals surface area (Å²) in [6.45, 7) is 0.311. The number of carbonyl (C=O) groups excluding carboxylic acids is 1. The zero-order chi connectivity index (χ0) is 21.6. The van der Waals surface area contributed by atoms with Crippen molar-refractivity contribution < 1.29 is 18.8 Å². The first kappa shape index (κ1) is 20.2. The maximum absolute atomic E-state index is 12.6. The zero-order valence-electron chi connectivity index (χ0n) is 17.2. The van der Waals surface area contributed by atoms with E-state index in [4.69, 9.17) is 14.0 Å². The van der Waals surface area contributed by atoms with Crippen LogP contribution in [-0.4, -0.2) is 30.3 Å². The fraction of sp³-hybridized carbons (Fsp3) is 0.125. The Morgan fingerprint density at radius 3 is 2.42 bits per heavy atom. The number of ether oxygens (including phenoxy) is 2. The number of nitrogens with one attached hydrogen (secondary N) is 1. The van der Waals surface area contributed by atoms with Gasteiger partial charge in [0.2, 0.25) is 5.82 Å². The number of hydrogen-bond donors (Lipinski definition) is 1. The van der Waals surface area contributed by atoms with E-state index in [0.29, 0.717) is 35.3 Å². The maximum atomic E-state index is 12.6. The second-order valence-corrected chi connectivity index (χ2v) is 6.73. The highest BCUT2D eigenvalue weighted by Crippen LogP contribution is 2.24. The second kappa shape index (κ2) is 9.13. The quantitative estimate of drug-likeness (QED) is 0.483. The number of benzene rings is 3. The first-order chi connectivity index (χ1) is 15.2. The van der Waals surface area contributed by atoms with Gasteiger partial charge in [-0.05, 0) is 42.5 Å². The summed E-state index contributed by atoms with van der Waals surface area (Å²) in [5.41, 5.74) is 2.96. The molecule has 156 valence electrons. The predicted octanol–water partition coefficient (Wildman–Crippen LogP) is 4.35. The van der Waals surface area contributed by atoms with Gasteiger partial charge >= 0.3 is 0 Å². The van der Waals surface area contributed by atoms with Crippen LogP contribution in [0.1, 0.15) is 15.9 Å². The molecule has 1 N–H and O–H groups in total. The molecule has 0 saturated heterocycles. The third kappa shape index (κ3) is 4.56. The van der Waals surface area contributed by atoms with Crippen LogP contribution in [0.3, 0.4) is 0 Å². The molecule has 1 heterocycles. The summed E-state index contributed by atoms with van der Waals surface area (Å²) in [5, 5.41) is 6.93. The van der Waals surface area contributed by atoms with Crippen LogP contribution in [0, 0.1) is 0 Å². The Morgan fingerprint density at radius 1 is 0.935 bits per heavy atom. The van der Waals surface area contributed by atoms with Crippen molar-refractivity contribution in [3.63, 3.8) is 0 Å². The van der Waals surface area contributed by atoms with Crippen LogP contribution in [0.4, 0.5) is 0 Å². The molecule has 0 fully saturated rings. The van der Waals surface area contributed by atoms with Crippen molar-refractivity contribution in [1.29, 1.82) is 0 Å². The molecule has 0 aliphatic carbocycles. The molecule has 0 atom stereocenters. The topological polar surface area (TPSA) is 86.5 Å². The average Bonchev–Trinajstić information content (AvgIpc) is 3.33. The molecule has 0 spiro atoms. The fourth-order valence-electron chi connectivity index (χ4n) is 3.11. The van der Waals surface area contributed by atoms with E-state index in [0.717, 1.165) is 16.7 Å². The number of rotatable bonds is 7. The van der Waals surface area contributed by atoms with Crippen LogP contribution in [0.2, 0.25) is 0 Å². The highest BCUT2D eigenvalue weighted by molar-refractivity contribution is 5.94. The van der Waals surface area contributed by atoms with E-state index in [2.05, 4.69) is 15.5 Å². The third-order valence-electron chi connectivity index (χ3n) is 4.78. The van der Waals surface area contributed by atoms with E-state index >= 15 is 0 Å². The molecule has 7 heteroatoms. The molecular weight excluding hydrogens is 394 g/mol. The molecule has 4 aromatic rings. The Hall–Kier alpha value is -4.13. The van der Waals surface area contributed by atoms with Crippen LogP contribution < -0.4 is 14.8 Å². The molecule has 4 rings (SSSR count). The van der Waals surface area contributed by atoms with Crippen molar-refractivity contribution in [3.8, 4) is 34.3 Å². The van der Waals surface area contributed by atoms with Crippen molar-refractivity contribution >= 4 is 5.91 Å². The minimum absolute atomic E-state index is 0.202. The lowest BCUT2D eigenvalue weighted by Crippen LogP contribution is -2.23. The first-order valence-corrected chi connectivity index (χ1v) is 9.66. The summed E-state index contributed by atoms with van der Waals surface area (Å²) in [6, 6.07) is 22.1. The largest absolute Gasteiger partial charge is 0.497 e. The lowest BCUT2D eigenvalue weighted by molar-refractivity contribution is 0.0950. The van der Waals surface area contributed by atoms with Gasteiger partial charge in [0.05, 0.1) is 14.2 Å². The molecular formula is C24H21N3O4. The van der Waals surface area contributed by atoms with Crippen molar-refractivity contribution in [3.05, 3.63) is 83.9 Å². The number of carbonyl (C=O) groups is 1. The summed E-state index contributed by atoms with van der Waals surface area (Å²) < 4.78 is 16.0. The van der Waals surface area contributed by atoms with Gasteiger partial charge < -0.3 is 19.3 Å². The summed E-state index contributed by atoms with van der Waals surface area (Å²) in [7, 11) is 3.19. The van der Waals surface area contributed by atoms with Gasteiger partial charge in [-0.2, -0.15) is 4.98 Å². The van der Waals surface area contributed by atoms with Gasteiger partial charge in [-0.25, -0.2) is 0 Å². The summed E-state index contributed by atoms with van der Waals surface area (Å²) in [4.78, 5) is 17.0. The number of amides is 1. The van der Waals surface area contributed by atoms with Crippen LogP contribution in [0.15, 0.2) is 77.3 Å².